The van der Waals surface area contributed by atoms with Gasteiger partial charge in [0.15, 0.2) is 5.69 Å². The van der Waals surface area contributed by atoms with Crippen molar-refractivity contribution in [1.82, 2.24) is 4.98 Å². The zero-order valence-corrected chi connectivity index (χ0v) is 9.87. The van der Waals surface area contributed by atoms with E-state index < -0.39 is 22.9 Å². The summed E-state index contributed by atoms with van der Waals surface area (Å²) in [5.74, 6) is -1.83. The van der Waals surface area contributed by atoms with Crippen LogP contribution in [0, 0.1) is 20.6 Å². The zero-order valence-electron chi connectivity index (χ0n) is 7.71. The summed E-state index contributed by atoms with van der Waals surface area (Å²) in [5, 5.41) is 10.5. The summed E-state index contributed by atoms with van der Waals surface area (Å²) in [6.45, 7) is 1.44. The molecular formula is C7H4F3IN2O3. The summed E-state index contributed by atoms with van der Waals surface area (Å²) in [6, 6.07) is 1.26. The second kappa shape index (κ2) is 4.39. The van der Waals surface area contributed by atoms with E-state index in [-0.39, 0.29) is 9.26 Å². The predicted molar refractivity (Wildman–Crippen MR) is 55.0 cm³/mol. The number of hydrogen-bond donors (Lipinski definition) is 0. The lowest BCUT2D eigenvalue weighted by molar-refractivity contribution is -0.393. The number of nitrogens with zero attached hydrogens (tertiary/aromatic N) is 2. The van der Waals surface area contributed by atoms with Crippen LogP contribution in [0.3, 0.4) is 0 Å². The molecule has 9 heteroatoms. The Morgan fingerprint density at radius 3 is 2.56 bits per heavy atom. The summed E-state index contributed by atoms with van der Waals surface area (Å²) < 4.78 is 39.5. The van der Waals surface area contributed by atoms with E-state index in [4.69, 9.17) is 0 Å². The third-order valence-electron chi connectivity index (χ3n) is 1.43. The first kappa shape index (κ1) is 12.9. The van der Waals surface area contributed by atoms with E-state index in [0.29, 0.717) is 0 Å². The summed E-state index contributed by atoms with van der Waals surface area (Å²) in [7, 11) is 0. The van der Waals surface area contributed by atoms with Gasteiger partial charge in [0, 0.05) is 13.0 Å². The molecule has 1 rings (SSSR count). The Hall–Kier alpha value is -1.13. The zero-order chi connectivity index (χ0) is 12.5. The molecule has 0 unspecified atom stereocenters. The van der Waals surface area contributed by atoms with E-state index in [1.165, 1.54) is 35.6 Å². The van der Waals surface area contributed by atoms with Gasteiger partial charge in [-0.3, -0.25) is 0 Å². The highest BCUT2D eigenvalue weighted by molar-refractivity contribution is 14.1. The first-order valence-corrected chi connectivity index (χ1v) is 4.86. The lowest BCUT2D eigenvalue weighted by Gasteiger charge is -2.10. The van der Waals surface area contributed by atoms with Crippen molar-refractivity contribution in [3.05, 3.63) is 25.4 Å². The molecule has 0 radical (unpaired) electrons. The van der Waals surface area contributed by atoms with Crippen LogP contribution < -0.4 is 4.74 Å². The number of alkyl halides is 3. The van der Waals surface area contributed by atoms with Crippen molar-refractivity contribution in [3.8, 4) is 5.75 Å². The highest BCUT2D eigenvalue weighted by atomic mass is 127. The summed E-state index contributed by atoms with van der Waals surface area (Å²) in [5.41, 5.74) is 0.241. The molecule has 1 heterocycles. The molecule has 0 amide bonds. The second-order valence-electron chi connectivity index (χ2n) is 2.70. The van der Waals surface area contributed by atoms with Crippen LogP contribution in [0.4, 0.5) is 19.0 Å². The highest BCUT2D eigenvalue weighted by Gasteiger charge is 2.36. The minimum atomic E-state index is -4.98. The summed E-state index contributed by atoms with van der Waals surface area (Å²) in [4.78, 5) is 12.9. The van der Waals surface area contributed by atoms with Gasteiger partial charge in [0.1, 0.15) is 0 Å². The van der Waals surface area contributed by atoms with Crippen LogP contribution in [0.15, 0.2) is 6.07 Å². The minimum absolute atomic E-state index is 0.0193. The third-order valence-corrected chi connectivity index (χ3v) is 2.23. The fraction of sp³-hybridized carbons (Fsp3) is 0.286. The minimum Gasteiger partial charge on any atom is -0.395 e. The first-order chi connectivity index (χ1) is 7.20. The van der Waals surface area contributed by atoms with Gasteiger partial charge in [0.05, 0.1) is 3.57 Å². The maximum Gasteiger partial charge on any atom is 0.573 e. The van der Waals surface area contributed by atoms with Crippen LogP contribution in [0.5, 0.6) is 5.75 Å². The molecule has 0 bridgehead atoms. The van der Waals surface area contributed by atoms with Crippen LogP contribution in [0.25, 0.3) is 0 Å². The Bertz CT molecular complexity index is 436. The van der Waals surface area contributed by atoms with Gasteiger partial charge in [-0.2, -0.15) is 0 Å². The number of rotatable bonds is 2. The summed E-state index contributed by atoms with van der Waals surface area (Å²) in [6.07, 6.45) is -4.98. The van der Waals surface area contributed by atoms with E-state index >= 15 is 0 Å². The quantitative estimate of drug-likeness (QED) is 0.468. The number of pyridine rings is 1. The normalized spacial score (nSPS) is 11.3. The first-order valence-electron chi connectivity index (χ1n) is 3.78. The van der Waals surface area contributed by atoms with E-state index in [1.807, 2.05) is 0 Å². The average Bonchev–Trinajstić information content (AvgIpc) is 2.07. The Labute approximate surface area is 101 Å². The van der Waals surface area contributed by atoms with Crippen LogP contribution in [0.1, 0.15) is 5.69 Å². The van der Waals surface area contributed by atoms with Crippen LogP contribution in [-0.4, -0.2) is 16.3 Å². The second-order valence-corrected chi connectivity index (χ2v) is 3.87. The molecule has 88 valence electrons. The van der Waals surface area contributed by atoms with Crippen molar-refractivity contribution in [2.45, 2.75) is 13.3 Å². The molecular weight excluding hydrogens is 344 g/mol. The van der Waals surface area contributed by atoms with Gasteiger partial charge >= 0.3 is 12.2 Å². The SMILES string of the molecule is Cc1cc(I)c(OC(F)(F)F)c([N+](=O)[O-])n1. The lowest BCUT2D eigenvalue weighted by atomic mass is 10.3. The smallest absolute Gasteiger partial charge is 0.395 e. The van der Waals surface area contributed by atoms with Gasteiger partial charge in [-0.15, -0.1) is 13.2 Å². The molecule has 0 aliphatic rings. The molecule has 0 aliphatic heterocycles. The Morgan fingerprint density at radius 1 is 1.56 bits per heavy atom. The Morgan fingerprint density at radius 2 is 2.12 bits per heavy atom. The van der Waals surface area contributed by atoms with Gasteiger partial charge in [-0.25, -0.2) is 0 Å². The molecule has 16 heavy (non-hydrogen) atoms. The molecule has 0 spiro atoms. The molecule has 0 atom stereocenters. The fourth-order valence-corrected chi connectivity index (χ4v) is 1.74. The van der Waals surface area contributed by atoms with Crippen LogP contribution in [0.2, 0.25) is 0 Å². The fourth-order valence-electron chi connectivity index (χ4n) is 0.940. The third kappa shape index (κ3) is 3.18. The van der Waals surface area contributed by atoms with Crippen molar-refractivity contribution in [2.24, 2.45) is 0 Å². The predicted octanol–water partition coefficient (Wildman–Crippen LogP) is 2.80. The maximum absolute atomic E-state index is 12.0. The van der Waals surface area contributed by atoms with E-state index in [9.17, 15) is 23.3 Å². The number of nitro groups is 1. The van der Waals surface area contributed by atoms with Crippen molar-refractivity contribution in [1.29, 1.82) is 0 Å². The summed E-state index contributed by atoms with van der Waals surface area (Å²) >= 11 is 1.52. The number of hydrogen-bond acceptors (Lipinski definition) is 4. The number of ether oxygens (including phenoxy) is 1. The largest absolute Gasteiger partial charge is 0.573 e. The lowest BCUT2D eigenvalue weighted by Crippen LogP contribution is -2.19. The van der Waals surface area contributed by atoms with Crippen molar-refractivity contribution in [3.63, 3.8) is 0 Å². The molecule has 1 aromatic rings. The van der Waals surface area contributed by atoms with Crippen LogP contribution in [-0.2, 0) is 0 Å². The number of halogens is 4. The topological polar surface area (TPSA) is 65.3 Å². The Balaban J connectivity index is 3.30. The van der Waals surface area contributed by atoms with E-state index in [2.05, 4.69) is 9.72 Å². The molecule has 5 nitrogen and oxygen atoms in total. The molecule has 0 aliphatic carbocycles. The van der Waals surface area contributed by atoms with Gasteiger partial charge in [-0.1, -0.05) is 0 Å². The molecule has 0 saturated heterocycles. The highest BCUT2D eigenvalue weighted by Crippen LogP contribution is 2.34. The number of aromatic nitrogens is 1. The standard InChI is InChI=1S/C7H4F3IN2O3/c1-3-2-4(11)5(16-7(8,9)10)6(12-3)13(14)15/h2H,1H3. The van der Waals surface area contributed by atoms with Crippen molar-refractivity contribution >= 4 is 28.4 Å². The molecule has 0 N–H and O–H groups in total. The molecule has 0 fully saturated rings. The van der Waals surface area contributed by atoms with Gasteiger partial charge in [0.2, 0.25) is 5.75 Å². The van der Waals surface area contributed by atoms with E-state index in [1.54, 1.807) is 0 Å². The molecule has 1 aromatic heterocycles. The molecule has 0 saturated carbocycles. The Kier molecular flexibility index (Phi) is 3.55. The average molecular weight is 348 g/mol. The monoisotopic (exact) mass is 348 g/mol. The van der Waals surface area contributed by atoms with Crippen molar-refractivity contribution < 1.29 is 22.8 Å². The molecule has 0 aromatic carbocycles. The van der Waals surface area contributed by atoms with Gasteiger partial charge in [0.25, 0.3) is 0 Å². The van der Waals surface area contributed by atoms with E-state index in [0.717, 1.165) is 0 Å². The maximum atomic E-state index is 12.0. The van der Waals surface area contributed by atoms with Crippen molar-refractivity contribution in [2.75, 3.05) is 0 Å². The number of aryl methyl sites for hydroxylation is 1. The van der Waals surface area contributed by atoms with Gasteiger partial charge in [-0.05, 0) is 32.5 Å². The van der Waals surface area contributed by atoms with Gasteiger partial charge < -0.3 is 14.9 Å². The van der Waals surface area contributed by atoms with Crippen LogP contribution >= 0.6 is 22.6 Å².